The number of nitrogen functional groups attached to an aromatic ring is 1. The summed E-state index contributed by atoms with van der Waals surface area (Å²) in [5.74, 6) is -1.63. The van der Waals surface area contributed by atoms with Gasteiger partial charge in [0.2, 0.25) is 0 Å². The zero-order chi connectivity index (χ0) is 27.0. The predicted octanol–water partition coefficient (Wildman–Crippen LogP) is 3.87. The molecule has 2 aliphatic heterocycles. The lowest BCUT2D eigenvalue weighted by molar-refractivity contribution is -0.139. The van der Waals surface area contributed by atoms with Gasteiger partial charge in [0.15, 0.2) is 0 Å². The molecule has 0 saturated carbocycles. The summed E-state index contributed by atoms with van der Waals surface area (Å²) in [6.07, 6.45) is 0.552. The number of carbonyl (C=O) groups is 1. The Bertz CT molecular complexity index is 1330. The van der Waals surface area contributed by atoms with Crippen molar-refractivity contribution in [2.75, 3.05) is 43.4 Å². The van der Waals surface area contributed by atoms with Gasteiger partial charge in [-0.2, -0.15) is 13.2 Å². The van der Waals surface area contributed by atoms with Gasteiger partial charge in [0.05, 0.1) is 11.3 Å². The van der Waals surface area contributed by atoms with Gasteiger partial charge in [0.1, 0.15) is 35.2 Å². The maximum Gasteiger partial charge on any atom is 0.419 e. The van der Waals surface area contributed by atoms with Crippen LogP contribution >= 0.6 is 0 Å². The topological polar surface area (TPSA) is 113 Å². The van der Waals surface area contributed by atoms with Crippen LogP contribution in [-0.4, -0.2) is 68.2 Å². The number of anilines is 2. The van der Waals surface area contributed by atoms with Crippen molar-refractivity contribution in [3.8, 4) is 11.3 Å². The van der Waals surface area contributed by atoms with Gasteiger partial charge in [-0.15, -0.1) is 0 Å². The second-order valence-corrected chi connectivity index (χ2v) is 9.59. The Morgan fingerprint density at radius 2 is 1.84 bits per heavy atom. The Morgan fingerprint density at radius 3 is 2.47 bits per heavy atom. The molecule has 0 spiro atoms. The smallest absolute Gasteiger partial charge is 0.419 e. The molecule has 0 aliphatic carbocycles. The number of carboxylic acid groups (broad SMARTS) is 1. The molecule has 2 saturated heterocycles. The SMILES string of the molecule is Nc1ncnc(N2CCC(c3nc(-c4ccc(F)c(C(F)(F)F)c4)cn3CCN3CCC3)CC2)c1C(=O)O. The van der Waals surface area contributed by atoms with E-state index in [1.807, 2.05) is 9.47 Å². The number of benzene rings is 1. The molecule has 2 fully saturated rings. The minimum atomic E-state index is -4.81. The molecule has 5 rings (SSSR count). The van der Waals surface area contributed by atoms with Crippen LogP contribution in [-0.2, 0) is 12.7 Å². The van der Waals surface area contributed by atoms with Crippen molar-refractivity contribution < 1.29 is 27.5 Å². The molecule has 3 aromatic rings. The standard InChI is InChI=1S/C25H27F4N7O2/c26-18-3-2-16(12-17(18)25(27,28)29)19-13-36(11-10-34-6-1-7-34)22(33-19)15-4-8-35(9-5-15)23-20(24(37)38)21(30)31-14-32-23/h2-3,12-15H,1,4-11H2,(H,37,38)(H2,30,31,32). The van der Waals surface area contributed by atoms with Crippen molar-refractivity contribution in [1.29, 1.82) is 0 Å². The molecule has 4 heterocycles. The lowest BCUT2D eigenvalue weighted by atomic mass is 9.95. The monoisotopic (exact) mass is 533 g/mol. The zero-order valence-electron chi connectivity index (χ0n) is 20.5. The predicted molar refractivity (Wildman–Crippen MR) is 131 cm³/mol. The summed E-state index contributed by atoms with van der Waals surface area (Å²) in [6, 6.07) is 2.94. The Balaban J connectivity index is 1.41. The Labute approximate surface area is 215 Å². The van der Waals surface area contributed by atoms with Crippen molar-refractivity contribution in [2.24, 2.45) is 0 Å². The molecule has 9 nitrogen and oxygen atoms in total. The molecule has 0 radical (unpaired) electrons. The van der Waals surface area contributed by atoms with E-state index in [-0.39, 0.29) is 28.7 Å². The van der Waals surface area contributed by atoms with Gasteiger partial charge in [-0.1, -0.05) is 0 Å². The van der Waals surface area contributed by atoms with Crippen molar-refractivity contribution >= 4 is 17.6 Å². The minimum absolute atomic E-state index is 0.00797. The number of likely N-dealkylation sites (tertiary alicyclic amines) is 1. The third-order valence-corrected chi connectivity index (χ3v) is 7.21. The molecule has 38 heavy (non-hydrogen) atoms. The van der Waals surface area contributed by atoms with E-state index in [0.717, 1.165) is 44.0 Å². The number of hydrogen-bond donors (Lipinski definition) is 2. The van der Waals surface area contributed by atoms with Crippen LogP contribution in [0.2, 0.25) is 0 Å². The van der Waals surface area contributed by atoms with Gasteiger partial charge in [0, 0.05) is 43.9 Å². The molecule has 1 aromatic carbocycles. The normalized spacial score (nSPS) is 17.0. The minimum Gasteiger partial charge on any atom is -0.477 e. The molecule has 2 aliphatic rings. The zero-order valence-corrected chi connectivity index (χ0v) is 20.5. The number of hydrogen-bond acceptors (Lipinski definition) is 7. The summed E-state index contributed by atoms with van der Waals surface area (Å²) in [6.45, 7) is 4.42. The molecule has 3 N–H and O–H groups in total. The summed E-state index contributed by atoms with van der Waals surface area (Å²) in [5, 5.41) is 9.57. The lowest BCUT2D eigenvalue weighted by Crippen LogP contribution is -2.39. The van der Waals surface area contributed by atoms with Crippen LogP contribution in [0.15, 0.2) is 30.7 Å². The Kier molecular flexibility index (Phi) is 6.95. The van der Waals surface area contributed by atoms with Crippen molar-refractivity contribution in [3.63, 3.8) is 0 Å². The number of nitrogens with two attached hydrogens (primary N) is 1. The van der Waals surface area contributed by atoms with Gasteiger partial charge in [-0.25, -0.2) is 24.1 Å². The van der Waals surface area contributed by atoms with Crippen molar-refractivity contribution in [2.45, 2.75) is 37.9 Å². The van der Waals surface area contributed by atoms with Crippen LogP contribution in [0.5, 0.6) is 0 Å². The van der Waals surface area contributed by atoms with E-state index in [0.29, 0.717) is 38.2 Å². The third kappa shape index (κ3) is 5.15. The fourth-order valence-electron chi connectivity index (χ4n) is 5.01. The van der Waals surface area contributed by atoms with E-state index in [1.54, 1.807) is 6.20 Å². The number of rotatable bonds is 7. The molecule has 2 aromatic heterocycles. The molecule has 0 bridgehead atoms. The van der Waals surface area contributed by atoms with E-state index in [4.69, 9.17) is 10.7 Å². The third-order valence-electron chi connectivity index (χ3n) is 7.21. The number of piperidine rings is 1. The van der Waals surface area contributed by atoms with Gasteiger partial charge in [-0.3, -0.25) is 0 Å². The molecule has 202 valence electrons. The first-order chi connectivity index (χ1) is 18.1. The Morgan fingerprint density at radius 1 is 1.11 bits per heavy atom. The number of carboxylic acids is 1. The Hall–Kier alpha value is -3.74. The van der Waals surface area contributed by atoms with Gasteiger partial charge in [-0.05, 0) is 50.6 Å². The van der Waals surface area contributed by atoms with Crippen molar-refractivity contribution in [3.05, 3.63) is 53.5 Å². The number of aromatic nitrogens is 4. The second-order valence-electron chi connectivity index (χ2n) is 9.59. The van der Waals surface area contributed by atoms with Crippen molar-refractivity contribution in [1.82, 2.24) is 24.4 Å². The van der Waals surface area contributed by atoms with Crippen LogP contribution in [0.25, 0.3) is 11.3 Å². The highest BCUT2D eigenvalue weighted by molar-refractivity contribution is 5.98. The van der Waals surface area contributed by atoms with Crippen LogP contribution < -0.4 is 10.6 Å². The molecular formula is C25H27F4N7O2. The van der Waals surface area contributed by atoms with Gasteiger partial charge >= 0.3 is 12.1 Å². The number of imidazole rings is 1. The first-order valence-electron chi connectivity index (χ1n) is 12.4. The highest BCUT2D eigenvalue weighted by Crippen LogP contribution is 2.36. The largest absolute Gasteiger partial charge is 0.477 e. The molecule has 0 unspecified atom stereocenters. The van der Waals surface area contributed by atoms with Crippen LogP contribution in [0, 0.1) is 5.82 Å². The van der Waals surface area contributed by atoms with E-state index in [2.05, 4.69) is 14.9 Å². The summed E-state index contributed by atoms with van der Waals surface area (Å²) < 4.78 is 55.8. The molecule has 0 atom stereocenters. The summed E-state index contributed by atoms with van der Waals surface area (Å²) >= 11 is 0. The fraction of sp³-hybridized carbons (Fsp3) is 0.440. The maximum absolute atomic E-state index is 13.9. The van der Waals surface area contributed by atoms with Crippen LogP contribution in [0.4, 0.5) is 29.2 Å². The van der Waals surface area contributed by atoms with E-state index in [1.165, 1.54) is 12.4 Å². The van der Waals surface area contributed by atoms with Crippen LogP contribution in [0.3, 0.4) is 0 Å². The van der Waals surface area contributed by atoms with E-state index >= 15 is 0 Å². The number of alkyl halides is 3. The van der Waals surface area contributed by atoms with Crippen LogP contribution in [0.1, 0.15) is 46.9 Å². The van der Waals surface area contributed by atoms with E-state index in [9.17, 15) is 27.5 Å². The average molecular weight is 534 g/mol. The fourth-order valence-corrected chi connectivity index (χ4v) is 5.01. The van der Waals surface area contributed by atoms with E-state index < -0.39 is 23.5 Å². The second kappa shape index (κ2) is 10.2. The highest BCUT2D eigenvalue weighted by atomic mass is 19.4. The first-order valence-corrected chi connectivity index (χ1v) is 12.4. The van der Waals surface area contributed by atoms with Gasteiger partial charge < -0.3 is 25.2 Å². The molecule has 13 heteroatoms. The quantitative estimate of drug-likeness (QED) is 0.440. The summed E-state index contributed by atoms with van der Waals surface area (Å²) in [4.78, 5) is 28.5. The molecular weight excluding hydrogens is 506 g/mol. The highest BCUT2D eigenvalue weighted by Gasteiger charge is 2.35. The number of halogens is 4. The average Bonchev–Trinajstić information content (AvgIpc) is 3.26. The summed E-state index contributed by atoms with van der Waals surface area (Å²) in [5.41, 5.74) is 4.87. The number of aromatic carboxylic acids is 1. The van der Waals surface area contributed by atoms with Gasteiger partial charge in [0.25, 0.3) is 0 Å². The molecule has 0 amide bonds. The lowest BCUT2D eigenvalue weighted by Gasteiger charge is -2.34. The number of nitrogens with zero attached hydrogens (tertiary/aromatic N) is 6. The first kappa shape index (κ1) is 25.9. The summed E-state index contributed by atoms with van der Waals surface area (Å²) in [7, 11) is 0. The maximum atomic E-state index is 13.9.